The van der Waals surface area contributed by atoms with E-state index in [1.165, 1.54) is 55.9 Å². The zero-order chi connectivity index (χ0) is 30.0. The molecule has 3 aromatic rings. The van der Waals surface area contributed by atoms with E-state index in [4.69, 9.17) is 37.4 Å². The zero-order valence-corrected chi connectivity index (χ0v) is 23.7. The van der Waals surface area contributed by atoms with Crippen molar-refractivity contribution in [2.45, 2.75) is 32.0 Å². The SMILES string of the molecule is COc1ccc2c(c1)N(CC(=O)OC(Cc1c(Cl)cncc1Cl)c1ccc(OC(F)F)c(OCC3CC3)c1)C(=O)C2=O. The molecule has 0 spiro atoms. The van der Waals surface area contributed by atoms with E-state index in [0.29, 0.717) is 29.4 Å². The fraction of sp³-hybridized carbons (Fsp3) is 0.310. The van der Waals surface area contributed by atoms with Crippen LogP contribution in [0.2, 0.25) is 10.0 Å². The van der Waals surface area contributed by atoms with E-state index in [9.17, 15) is 23.2 Å². The number of aromatic nitrogens is 1. The van der Waals surface area contributed by atoms with Crippen molar-refractivity contribution in [3.8, 4) is 17.2 Å². The van der Waals surface area contributed by atoms with Gasteiger partial charge in [-0.3, -0.25) is 24.3 Å². The standard InChI is InChI=1S/C29H24Cl2F2N2O7/c1-39-17-5-6-18-22(9-17)35(28(38)27(18)37)13-26(36)41-24(10-19-20(30)11-34-12-21(19)31)16-4-7-23(42-29(32)33)25(8-16)40-14-15-2-3-15/h4-9,11-12,15,24,29H,2-3,10,13-14H2,1H3. The number of ether oxygens (including phenoxy) is 4. The summed E-state index contributed by atoms with van der Waals surface area (Å²) in [6.45, 7) is -3.36. The second kappa shape index (κ2) is 12.5. The lowest BCUT2D eigenvalue weighted by Gasteiger charge is -2.23. The Kier molecular flexibility index (Phi) is 8.79. The lowest BCUT2D eigenvalue weighted by atomic mass is 10.0. The van der Waals surface area contributed by atoms with Gasteiger partial charge in [0, 0.05) is 24.9 Å². The number of esters is 1. The summed E-state index contributed by atoms with van der Waals surface area (Å²) in [4.78, 5) is 43.5. The van der Waals surface area contributed by atoms with Gasteiger partial charge in [-0.15, -0.1) is 0 Å². The highest BCUT2D eigenvalue weighted by atomic mass is 35.5. The van der Waals surface area contributed by atoms with Crippen LogP contribution in [0.1, 0.15) is 40.4 Å². The number of nitrogens with zero attached hydrogens (tertiary/aromatic N) is 2. The smallest absolute Gasteiger partial charge is 0.387 e. The second-order valence-corrected chi connectivity index (χ2v) is 10.5. The Hall–Kier alpha value is -3.96. The van der Waals surface area contributed by atoms with Gasteiger partial charge in [-0.2, -0.15) is 8.78 Å². The molecular formula is C29H24Cl2F2N2O7. The van der Waals surface area contributed by atoms with Gasteiger partial charge in [-0.1, -0.05) is 29.3 Å². The van der Waals surface area contributed by atoms with E-state index in [-0.39, 0.29) is 39.2 Å². The van der Waals surface area contributed by atoms with E-state index in [2.05, 4.69) is 9.72 Å². The Bertz CT molecular complexity index is 1510. The monoisotopic (exact) mass is 620 g/mol. The van der Waals surface area contributed by atoms with Gasteiger partial charge in [0.25, 0.3) is 11.7 Å². The molecule has 5 rings (SSSR count). The van der Waals surface area contributed by atoms with E-state index in [1.54, 1.807) is 0 Å². The quantitative estimate of drug-likeness (QED) is 0.184. The summed E-state index contributed by atoms with van der Waals surface area (Å²) < 4.78 is 47.6. The molecule has 1 fully saturated rings. The van der Waals surface area contributed by atoms with Crippen LogP contribution in [-0.2, 0) is 20.7 Å². The Morgan fingerprint density at radius 3 is 2.48 bits per heavy atom. The average molecular weight is 621 g/mol. The number of hydrogen-bond donors (Lipinski definition) is 0. The minimum absolute atomic E-state index is 0.0275. The Morgan fingerprint density at radius 1 is 1.07 bits per heavy atom. The molecule has 42 heavy (non-hydrogen) atoms. The van der Waals surface area contributed by atoms with Gasteiger partial charge in [0.05, 0.1) is 35.0 Å². The van der Waals surface area contributed by atoms with Crippen LogP contribution in [0.5, 0.6) is 17.2 Å². The first-order valence-corrected chi connectivity index (χ1v) is 13.6. The first-order valence-electron chi connectivity index (χ1n) is 12.9. The number of hydrogen-bond acceptors (Lipinski definition) is 8. The van der Waals surface area contributed by atoms with Gasteiger partial charge in [0.2, 0.25) is 0 Å². The summed E-state index contributed by atoms with van der Waals surface area (Å²) in [6.07, 6.45) is 3.61. The van der Waals surface area contributed by atoms with Crippen LogP contribution in [0, 0.1) is 5.92 Å². The highest BCUT2D eigenvalue weighted by molar-refractivity contribution is 6.52. The predicted octanol–water partition coefficient (Wildman–Crippen LogP) is 5.84. The van der Waals surface area contributed by atoms with Crippen molar-refractivity contribution in [3.63, 3.8) is 0 Å². The maximum absolute atomic E-state index is 13.3. The lowest BCUT2D eigenvalue weighted by molar-refractivity contribution is -0.148. The summed E-state index contributed by atoms with van der Waals surface area (Å²) in [6, 6.07) is 8.66. The van der Waals surface area contributed by atoms with Crippen molar-refractivity contribution in [1.82, 2.24) is 4.98 Å². The molecule has 0 N–H and O–H groups in total. The van der Waals surface area contributed by atoms with E-state index in [1.807, 2.05) is 0 Å². The third kappa shape index (κ3) is 6.57. The molecule has 2 heterocycles. The summed E-state index contributed by atoms with van der Waals surface area (Å²) in [5.41, 5.74) is 1.13. The minimum atomic E-state index is -3.08. The van der Waals surface area contributed by atoms with E-state index in [0.717, 1.165) is 17.7 Å². The summed E-state index contributed by atoms with van der Waals surface area (Å²) in [5, 5.41) is 0.431. The van der Waals surface area contributed by atoms with Crippen molar-refractivity contribution in [2.24, 2.45) is 5.92 Å². The van der Waals surface area contributed by atoms with Gasteiger partial charge in [-0.25, -0.2) is 0 Å². The number of benzene rings is 2. The van der Waals surface area contributed by atoms with Crippen LogP contribution < -0.4 is 19.1 Å². The van der Waals surface area contributed by atoms with Crippen molar-refractivity contribution in [3.05, 3.63) is 75.5 Å². The molecule has 9 nitrogen and oxygen atoms in total. The summed E-state index contributed by atoms with van der Waals surface area (Å²) >= 11 is 12.7. The molecule has 0 saturated heterocycles. The largest absolute Gasteiger partial charge is 0.497 e. The molecule has 1 aromatic heterocycles. The third-order valence-corrected chi connectivity index (χ3v) is 7.46. The Labute approximate surface area is 249 Å². The number of carbonyl (C=O) groups excluding carboxylic acids is 3. The summed E-state index contributed by atoms with van der Waals surface area (Å²) in [7, 11) is 1.43. The molecule has 0 radical (unpaired) electrons. The topological polar surface area (TPSA) is 104 Å². The Balaban J connectivity index is 1.44. The molecule has 13 heteroatoms. The molecule has 220 valence electrons. The van der Waals surface area contributed by atoms with Gasteiger partial charge in [0.15, 0.2) is 11.5 Å². The second-order valence-electron chi connectivity index (χ2n) is 9.71. The molecule has 1 saturated carbocycles. The predicted molar refractivity (Wildman–Crippen MR) is 148 cm³/mol. The number of rotatable bonds is 12. The van der Waals surface area contributed by atoms with Gasteiger partial charge < -0.3 is 18.9 Å². The average Bonchev–Trinajstić information content (AvgIpc) is 3.76. The van der Waals surface area contributed by atoms with Gasteiger partial charge in [0.1, 0.15) is 18.4 Å². The maximum Gasteiger partial charge on any atom is 0.387 e. The van der Waals surface area contributed by atoms with Crippen molar-refractivity contribution >= 4 is 46.5 Å². The number of pyridine rings is 1. The first kappa shape index (κ1) is 29.5. The van der Waals surface area contributed by atoms with Crippen molar-refractivity contribution < 1.29 is 42.1 Å². The van der Waals surface area contributed by atoms with E-state index < -0.39 is 36.9 Å². The number of amides is 1. The van der Waals surface area contributed by atoms with Crippen molar-refractivity contribution in [1.29, 1.82) is 0 Å². The number of fused-ring (bicyclic) bond motifs is 1. The number of alkyl halides is 2. The maximum atomic E-state index is 13.3. The van der Waals surface area contributed by atoms with Crippen molar-refractivity contribution in [2.75, 3.05) is 25.2 Å². The number of halogens is 4. The summed E-state index contributed by atoms with van der Waals surface area (Å²) in [5.74, 6) is -1.93. The first-order chi connectivity index (χ1) is 20.1. The molecule has 1 aliphatic heterocycles. The number of Topliss-reactive ketones (excluding diaryl/α,β-unsaturated/α-hetero) is 1. The molecule has 1 aliphatic carbocycles. The molecule has 1 atom stereocenters. The number of ketones is 1. The molecular weight excluding hydrogens is 597 g/mol. The fourth-order valence-corrected chi connectivity index (χ4v) is 4.97. The molecule has 1 unspecified atom stereocenters. The molecule has 2 aliphatic rings. The van der Waals surface area contributed by atoms with Crippen LogP contribution in [-0.4, -0.2) is 49.5 Å². The highest BCUT2D eigenvalue weighted by Crippen LogP contribution is 2.38. The number of carbonyl (C=O) groups is 3. The van der Waals surface area contributed by atoms with Crippen LogP contribution in [0.3, 0.4) is 0 Å². The van der Waals surface area contributed by atoms with Crippen LogP contribution in [0.15, 0.2) is 48.8 Å². The van der Waals surface area contributed by atoms with Crippen LogP contribution in [0.4, 0.5) is 14.5 Å². The lowest BCUT2D eigenvalue weighted by Crippen LogP contribution is -2.36. The van der Waals surface area contributed by atoms with Crippen LogP contribution in [0.25, 0.3) is 0 Å². The Morgan fingerprint density at radius 2 is 1.81 bits per heavy atom. The van der Waals surface area contributed by atoms with Crippen LogP contribution >= 0.6 is 23.2 Å². The molecule has 0 bridgehead atoms. The normalized spacial score (nSPS) is 15.0. The number of methoxy groups -OCH3 is 1. The molecule has 2 aromatic carbocycles. The van der Waals surface area contributed by atoms with Gasteiger partial charge in [-0.05, 0) is 54.2 Å². The van der Waals surface area contributed by atoms with E-state index >= 15 is 0 Å². The highest BCUT2D eigenvalue weighted by Gasteiger charge is 2.38. The third-order valence-electron chi connectivity index (χ3n) is 6.81. The minimum Gasteiger partial charge on any atom is -0.497 e. The van der Waals surface area contributed by atoms with Gasteiger partial charge >= 0.3 is 12.6 Å². The fourth-order valence-electron chi connectivity index (χ4n) is 4.45. The number of anilines is 1. The zero-order valence-electron chi connectivity index (χ0n) is 22.2. The molecule has 1 amide bonds.